The van der Waals surface area contributed by atoms with Crippen molar-refractivity contribution in [3.05, 3.63) is 42.0 Å². The van der Waals surface area contributed by atoms with Crippen LogP contribution >= 0.6 is 0 Å². The van der Waals surface area contributed by atoms with Crippen LogP contribution in [-0.4, -0.2) is 74.4 Å². The van der Waals surface area contributed by atoms with E-state index in [4.69, 9.17) is 23.7 Å². The van der Waals surface area contributed by atoms with E-state index in [0.29, 0.717) is 26.1 Å². The summed E-state index contributed by atoms with van der Waals surface area (Å²) >= 11 is 0. The van der Waals surface area contributed by atoms with Crippen molar-refractivity contribution in [2.75, 3.05) is 39.6 Å². The molecule has 1 atom stereocenters. The zero-order valence-electron chi connectivity index (χ0n) is 20.2. The zero-order valence-corrected chi connectivity index (χ0v) is 20.2. The topological polar surface area (TPSA) is 118 Å². The van der Waals surface area contributed by atoms with Crippen LogP contribution in [0.15, 0.2) is 36.4 Å². The lowest BCUT2D eigenvalue weighted by molar-refractivity contribution is -0.208. The lowest BCUT2D eigenvalue weighted by Gasteiger charge is -2.30. The molecule has 1 N–H and O–H groups in total. The number of benzene rings is 1. The Morgan fingerprint density at radius 1 is 0.882 bits per heavy atom. The van der Waals surface area contributed by atoms with Gasteiger partial charge in [0, 0.05) is 13.2 Å². The van der Waals surface area contributed by atoms with Gasteiger partial charge in [-0.15, -0.1) is 0 Å². The molecule has 0 aliphatic heterocycles. The van der Waals surface area contributed by atoms with E-state index < -0.39 is 29.6 Å². The van der Waals surface area contributed by atoms with Crippen molar-refractivity contribution in [1.82, 2.24) is 0 Å². The third-order valence-electron chi connectivity index (χ3n) is 4.59. The molecule has 0 aromatic heterocycles. The number of unbranched alkanes of at least 4 members (excludes halogenated alkanes) is 2. The number of rotatable bonds is 17. The molecule has 0 fully saturated rings. The monoisotopic (exact) mass is 480 g/mol. The standard InChI is InChI=1S/C25H36O9/c1-4-31-22(26)21(25(29,23(27)32-5-2)24(28)33-6-3)34-19-12-8-11-17-30-18-13-16-20-14-9-7-10-15-20/h7,9-10,13-16,21,29H,4-6,8,11-12,17-19H2,1-3H3. The van der Waals surface area contributed by atoms with E-state index in [1.807, 2.05) is 42.5 Å². The summed E-state index contributed by atoms with van der Waals surface area (Å²) in [4.78, 5) is 37.2. The quantitative estimate of drug-likeness (QED) is 0.155. The van der Waals surface area contributed by atoms with Gasteiger partial charge in [0.1, 0.15) is 0 Å². The summed E-state index contributed by atoms with van der Waals surface area (Å²) < 4.78 is 25.5. The van der Waals surface area contributed by atoms with Crippen molar-refractivity contribution >= 4 is 24.0 Å². The Morgan fingerprint density at radius 3 is 2.06 bits per heavy atom. The first kappa shape index (κ1) is 29.3. The summed E-state index contributed by atoms with van der Waals surface area (Å²) in [7, 11) is 0. The van der Waals surface area contributed by atoms with Gasteiger partial charge >= 0.3 is 17.9 Å². The van der Waals surface area contributed by atoms with Gasteiger partial charge in [-0.2, -0.15) is 0 Å². The highest BCUT2D eigenvalue weighted by Crippen LogP contribution is 2.21. The molecule has 190 valence electrons. The first-order chi connectivity index (χ1) is 16.4. The van der Waals surface area contributed by atoms with Crippen molar-refractivity contribution in [1.29, 1.82) is 0 Å². The Labute approximate surface area is 201 Å². The van der Waals surface area contributed by atoms with Crippen LogP contribution in [0.5, 0.6) is 0 Å². The van der Waals surface area contributed by atoms with Crippen LogP contribution in [0.2, 0.25) is 0 Å². The molecule has 0 aliphatic carbocycles. The lowest BCUT2D eigenvalue weighted by atomic mass is 9.96. The number of ether oxygens (including phenoxy) is 5. The van der Waals surface area contributed by atoms with Crippen molar-refractivity contribution in [2.45, 2.75) is 51.7 Å². The molecule has 0 bridgehead atoms. The minimum Gasteiger partial charge on any atom is -0.464 e. The molecule has 9 heteroatoms. The summed E-state index contributed by atoms with van der Waals surface area (Å²) in [5, 5.41) is 10.9. The fourth-order valence-electron chi connectivity index (χ4n) is 2.94. The van der Waals surface area contributed by atoms with Gasteiger partial charge in [-0.1, -0.05) is 42.5 Å². The van der Waals surface area contributed by atoms with Crippen LogP contribution in [0, 0.1) is 0 Å². The van der Waals surface area contributed by atoms with Gasteiger partial charge in [0.25, 0.3) is 5.60 Å². The average Bonchev–Trinajstić information content (AvgIpc) is 2.83. The lowest BCUT2D eigenvalue weighted by Crippen LogP contribution is -2.61. The Bertz CT molecular complexity index is 743. The van der Waals surface area contributed by atoms with Crippen molar-refractivity contribution < 1.29 is 43.2 Å². The van der Waals surface area contributed by atoms with Gasteiger partial charge in [-0.25, -0.2) is 14.4 Å². The van der Waals surface area contributed by atoms with E-state index in [1.165, 1.54) is 13.8 Å². The Hall–Kier alpha value is -2.75. The first-order valence-corrected chi connectivity index (χ1v) is 11.6. The maximum Gasteiger partial charge on any atom is 0.353 e. The number of hydrogen-bond acceptors (Lipinski definition) is 9. The van der Waals surface area contributed by atoms with Crippen LogP contribution in [-0.2, 0) is 38.1 Å². The smallest absolute Gasteiger partial charge is 0.353 e. The van der Waals surface area contributed by atoms with E-state index in [-0.39, 0.29) is 26.4 Å². The highest BCUT2D eigenvalue weighted by molar-refractivity contribution is 6.08. The Morgan fingerprint density at radius 2 is 1.47 bits per heavy atom. The molecular weight excluding hydrogens is 444 g/mol. The summed E-state index contributed by atoms with van der Waals surface area (Å²) in [6.45, 7) is 5.32. The second-order valence-electron chi connectivity index (χ2n) is 7.16. The van der Waals surface area contributed by atoms with Crippen LogP contribution in [0.3, 0.4) is 0 Å². The molecule has 9 nitrogen and oxygen atoms in total. The molecule has 0 saturated heterocycles. The maximum absolute atomic E-state index is 12.4. The van der Waals surface area contributed by atoms with E-state index in [9.17, 15) is 19.5 Å². The fourth-order valence-corrected chi connectivity index (χ4v) is 2.94. The van der Waals surface area contributed by atoms with Crippen molar-refractivity contribution in [2.24, 2.45) is 0 Å². The number of carbonyl (C=O) groups is 3. The second-order valence-corrected chi connectivity index (χ2v) is 7.16. The molecule has 1 aromatic rings. The first-order valence-electron chi connectivity index (χ1n) is 11.6. The highest BCUT2D eigenvalue weighted by Gasteiger charge is 2.58. The SMILES string of the molecule is CCOC(=O)C(OCCCCCOCC=Cc1ccccc1)C(O)(C(=O)OCC)C(=O)OCC. The third-order valence-corrected chi connectivity index (χ3v) is 4.59. The predicted octanol–water partition coefficient (Wildman–Crippen LogP) is 2.69. The third kappa shape index (κ3) is 9.62. The van der Waals surface area contributed by atoms with Crippen LogP contribution in [0.1, 0.15) is 45.6 Å². The molecule has 0 amide bonds. The van der Waals surface area contributed by atoms with E-state index >= 15 is 0 Å². The normalized spacial score (nSPS) is 12.4. The van der Waals surface area contributed by atoms with Gasteiger partial charge in [0.15, 0.2) is 0 Å². The number of esters is 3. The summed E-state index contributed by atoms with van der Waals surface area (Å²) in [5.74, 6) is -3.72. The largest absolute Gasteiger partial charge is 0.464 e. The molecule has 0 aliphatic rings. The summed E-state index contributed by atoms with van der Waals surface area (Å²) in [5.41, 5.74) is -1.86. The molecule has 34 heavy (non-hydrogen) atoms. The van der Waals surface area contributed by atoms with E-state index in [1.54, 1.807) is 6.92 Å². The number of aliphatic hydroxyl groups is 1. The molecule has 1 aromatic carbocycles. The predicted molar refractivity (Wildman–Crippen MR) is 125 cm³/mol. The van der Waals surface area contributed by atoms with E-state index in [0.717, 1.165) is 12.0 Å². The molecule has 1 unspecified atom stereocenters. The van der Waals surface area contributed by atoms with Gasteiger partial charge in [-0.05, 0) is 45.6 Å². The Balaban J connectivity index is 2.54. The molecule has 0 heterocycles. The Kier molecular flexibility index (Phi) is 14.5. The van der Waals surface area contributed by atoms with Crippen LogP contribution in [0.4, 0.5) is 0 Å². The van der Waals surface area contributed by atoms with Gasteiger partial charge in [0.05, 0.1) is 26.4 Å². The zero-order chi connectivity index (χ0) is 25.2. The summed E-state index contributed by atoms with van der Waals surface area (Å²) in [6.07, 6.45) is 3.96. The van der Waals surface area contributed by atoms with Crippen LogP contribution in [0.25, 0.3) is 6.08 Å². The van der Waals surface area contributed by atoms with Gasteiger partial charge in [-0.3, -0.25) is 0 Å². The van der Waals surface area contributed by atoms with Crippen molar-refractivity contribution in [3.63, 3.8) is 0 Å². The summed E-state index contributed by atoms with van der Waals surface area (Å²) in [6, 6.07) is 9.90. The number of hydrogen-bond donors (Lipinski definition) is 1. The minimum absolute atomic E-state index is 0.00148. The highest BCUT2D eigenvalue weighted by atomic mass is 16.6. The van der Waals surface area contributed by atoms with E-state index in [2.05, 4.69) is 0 Å². The molecule has 0 radical (unpaired) electrons. The van der Waals surface area contributed by atoms with Gasteiger partial charge < -0.3 is 28.8 Å². The fraction of sp³-hybridized carbons (Fsp3) is 0.560. The average molecular weight is 481 g/mol. The van der Waals surface area contributed by atoms with Gasteiger partial charge in [0.2, 0.25) is 6.10 Å². The second kappa shape index (κ2) is 16.8. The molecule has 0 saturated carbocycles. The maximum atomic E-state index is 12.4. The molecule has 1 rings (SSSR count). The minimum atomic E-state index is -2.97. The molecule has 0 spiro atoms. The number of carbonyl (C=O) groups excluding carboxylic acids is 3. The van der Waals surface area contributed by atoms with Crippen LogP contribution < -0.4 is 0 Å². The molecular formula is C25H36O9. The van der Waals surface area contributed by atoms with Crippen molar-refractivity contribution in [3.8, 4) is 0 Å².